The first-order chi connectivity index (χ1) is 28.1. The number of halogens is 3. The van der Waals surface area contributed by atoms with E-state index in [2.05, 4.69) is 26.3 Å². The van der Waals surface area contributed by atoms with Gasteiger partial charge >= 0.3 is 0 Å². The zero-order chi connectivity index (χ0) is 42.9. The van der Waals surface area contributed by atoms with Crippen LogP contribution in [0, 0.1) is 11.6 Å². The number of benzene rings is 2. The fraction of sp³-hybridized carbons (Fsp3) is 0.535. The smallest absolute Gasteiger partial charge is 0.245 e. The molecule has 2 fully saturated rings. The first-order valence-corrected chi connectivity index (χ1v) is 20.6. The second kappa shape index (κ2) is 18.1. The van der Waals surface area contributed by atoms with Crippen molar-refractivity contribution in [3.05, 3.63) is 59.2 Å². The number of aliphatic hydroxyl groups excluding tert-OH is 1. The lowest BCUT2D eigenvalue weighted by molar-refractivity contribution is -0.138. The molecule has 0 unspecified atom stereocenters. The number of carbonyl (C=O) groups excluding carboxylic acids is 4. The highest BCUT2D eigenvalue weighted by molar-refractivity contribution is 5.97. The fourth-order valence-corrected chi connectivity index (χ4v) is 8.74. The van der Waals surface area contributed by atoms with Gasteiger partial charge in [0.2, 0.25) is 23.6 Å². The Kier molecular flexibility index (Phi) is 13.4. The summed E-state index contributed by atoms with van der Waals surface area (Å²) >= 11 is 0. The van der Waals surface area contributed by atoms with E-state index in [9.17, 15) is 33.1 Å². The monoisotopic (exact) mass is 822 g/mol. The summed E-state index contributed by atoms with van der Waals surface area (Å²) in [5, 5.41) is 23.7. The molecule has 0 saturated carbocycles. The molecule has 2 aliphatic heterocycles. The van der Waals surface area contributed by atoms with Crippen LogP contribution >= 0.6 is 0 Å². The molecule has 2 aliphatic rings. The summed E-state index contributed by atoms with van der Waals surface area (Å²) in [5.41, 5.74) is 3.65. The van der Waals surface area contributed by atoms with Crippen molar-refractivity contribution in [2.24, 2.45) is 7.05 Å². The number of aromatic nitrogens is 2. The Morgan fingerprint density at radius 3 is 1.90 bits per heavy atom. The average Bonchev–Trinajstić information content (AvgIpc) is 3.95. The molecule has 16 heteroatoms. The molecule has 0 bridgehead atoms. The molecule has 4 amide bonds. The van der Waals surface area contributed by atoms with Crippen LogP contribution < -0.4 is 21.3 Å². The van der Waals surface area contributed by atoms with E-state index in [1.165, 1.54) is 29.2 Å². The summed E-state index contributed by atoms with van der Waals surface area (Å²) in [6.07, 6.45) is -0.799. The second-order valence-corrected chi connectivity index (χ2v) is 16.1. The quantitative estimate of drug-likeness (QED) is 0.107. The summed E-state index contributed by atoms with van der Waals surface area (Å²) in [6, 6.07) is 4.91. The van der Waals surface area contributed by atoms with Crippen molar-refractivity contribution in [1.29, 1.82) is 0 Å². The Hall–Kier alpha value is -4.93. The minimum absolute atomic E-state index is 0.0444. The number of aliphatic hydroxyl groups is 1. The van der Waals surface area contributed by atoms with Gasteiger partial charge in [-0.2, -0.15) is 0 Å². The number of aromatic amines is 1. The van der Waals surface area contributed by atoms with Gasteiger partial charge in [0.25, 0.3) is 0 Å². The number of likely N-dealkylation sites (N-methyl/N-ethyl adjacent to an activating group) is 2. The van der Waals surface area contributed by atoms with E-state index in [0.29, 0.717) is 51.6 Å². The number of nitrogens with one attached hydrogen (secondary N) is 5. The van der Waals surface area contributed by atoms with Gasteiger partial charge < -0.3 is 45.7 Å². The number of rotatable bonds is 15. The molecule has 2 aromatic heterocycles. The Bertz CT molecular complexity index is 2210. The number of alkyl halides is 1. The molecular weight excluding hydrogens is 766 g/mol. The third kappa shape index (κ3) is 8.85. The van der Waals surface area contributed by atoms with Gasteiger partial charge in [-0.1, -0.05) is 13.8 Å². The Morgan fingerprint density at radius 2 is 1.32 bits per heavy atom. The van der Waals surface area contributed by atoms with Gasteiger partial charge in [0.05, 0.1) is 41.6 Å². The highest BCUT2D eigenvalue weighted by Crippen LogP contribution is 2.41. The number of likely N-dealkylation sites (tertiary alicyclic amines) is 2. The Labute approximate surface area is 342 Å². The maximum absolute atomic E-state index is 15.4. The van der Waals surface area contributed by atoms with Crippen LogP contribution in [-0.4, -0.2) is 124 Å². The van der Waals surface area contributed by atoms with E-state index < -0.39 is 66.1 Å². The van der Waals surface area contributed by atoms with Crippen molar-refractivity contribution in [2.75, 3.05) is 27.2 Å². The molecule has 2 saturated heterocycles. The van der Waals surface area contributed by atoms with Crippen LogP contribution in [0.25, 0.3) is 33.2 Å². The number of carbonyl (C=O) groups is 4. The molecule has 6 rings (SSSR count). The zero-order valence-electron chi connectivity index (χ0n) is 34.8. The number of aryl methyl sites for hydroxylation is 1. The number of β-amino-alcohol motifs (C(OH)–C–C–N with tert-alkyl or cyclic N) is 1. The molecule has 8 atom stereocenters. The summed E-state index contributed by atoms with van der Waals surface area (Å²) in [4.78, 5) is 60.3. The Balaban J connectivity index is 1.43. The predicted octanol–water partition coefficient (Wildman–Crippen LogP) is 3.60. The number of fused-ring (bicyclic) bond motifs is 2. The molecule has 0 aliphatic carbocycles. The van der Waals surface area contributed by atoms with Crippen molar-refractivity contribution in [1.82, 2.24) is 40.6 Å². The van der Waals surface area contributed by atoms with Gasteiger partial charge in [0, 0.05) is 48.4 Å². The molecule has 59 heavy (non-hydrogen) atoms. The molecule has 0 radical (unpaired) electrons. The van der Waals surface area contributed by atoms with Gasteiger partial charge in [0.15, 0.2) is 0 Å². The largest absolute Gasteiger partial charge is 0.391 e. The van der Waals surface area contributed by atoms with Gasteiger partial charge in [-0.3, -0.25) is 19.2 Å². The van der Waals surface area contributed by atoms with Crippen LogP contribution in [0.1, 0.15) is 64.5 Å². The van der Waals surface area contributed by atoms with Crippen LogP contribution in [-0.2, 0) is 39.1 Å². The van der Waals surface area contributed by atoms with Gasteiger partial charge in [-0.05, 0) is 108 Å². The minimum atomic E-state index is -1.31. The van der Waals surface area contributed by atoms with Crippen molar-refractivity contribution in [3.63, 3.8) is 0 Å². The van der Waals surface area contributed by atoms with Crippen LogP contribution in [0.4, 0.5) is 13.2 Å². The van der Waals surface area contributed by atoms with Crippen molar-refractivity contribution < 1.29 is 37.5 Å². The summed E-state index contributed by atoms with van der Waals surface area (Å²) in [7, 11) is 5.08. The second-order valence-electron chi connectivity index (χ2n) is 16.1. The van der Waals surface area contributed by atoms with E-state index in [-0.39, 0.29) is 56.5 Å². The number of H-pyrrole nitrogens is 1. The van der Waals surface area contributed by atoms with Crippen LogP contribution in [0.2, 0.25) is 0 Å². The number of amides is 4. The minimum Gasteiger partial charge on any atom is -0.391 e. The van der Waals surface area contributed by atoms with E-state index in [1.807, 2.05) is 4.57 Å². The molecule has 2 aromatic carbocycles. The standard InChI is InChI=1S/C43H57F3N8O5/c1-8-34(50-40(56)22(3)47-5)42(58)53-20-26(46)14-27(53)18-32-30-12-10-24(44)15-36(30)49-38(32)39-33(31-13-11-25(45)16-37(31)52(39)7)19-28-17-29(55)21-54(28)43(59)35(9-2)51-41(57)23(4)48-6/h10-13,15-16,22-23,26-29,34-35,47-49,55H,8-9,14,17-21H2,1-7H3,(H,50,56)(H,51,57)/t22-,23-,26-,27-,28-,29-,34-,35-/m0/s1. The normalized spacial score (nSPS) is 21.5. The predicted molar refractivity (Wildman–Crippen MR) is 220 cm³/mol. The maximum atomic E-state index is 15.4. The van der Waals surface area contributed by atoms with E-state index in [0.717, 1.165) is 5.56 Å². The van der Waals surface area contributed by atoms with E-state index in [1.54, 1.807) is 65.9 Å². The fourth-order valence-electron chi connectivity index (χ4n) is 8.74. The molecule has 320 valence electrons. The SMILES string of the molecule is CC[C@H](NC(=O)[C@H](C)NC)C(=O)N1C[C@@H](O)C[C@H]1Cc1c(-c2[nH]c3cc(F)ccc3c2C[C@@H]2C[C@H](F)CN2C(=O)[C@H](CC)NC(=O)[C@H](C)NC)n(C)c2cc(F)ccc12. The Morgan fingerprint density at radius 1 is 0.797 bits per heavy atom. The summed E-state index contributed by atoms with van der Waals surface area (Å²) in [5.74, 6) is -2.34. The van der Waals surface area contributed by atoms with Crippen LogP contribution in [0.5, 0.6) is 0 Å². The van der Waals surface area contributed by atoms with Gasteiger partial charge in [-0.15, -0.1) is 0 Å². The lowest BCUT2D eigenvalue weighted by atomic mass is 9.94. The zero-order valence-corrected chi connectivity index (χ0v) is 34.8. The molecule has 4 aromatic rings. The first kappa shape index (κ1) is 43.6. The topological polar surface area (TPSA) is 164 Å². The van der Waals surface area contributed by atoms with Crippen molar-refractivity contribution in [2.45, 2.75) is 115 Å². The summed E-state index contributed by atoms with van der Waals surface area (Å²) in [6.45, 7) is 6.87. The van der Waals surface area contributed by atoms with Gasteiger partial charge in [-0.25, -0.2) is 13.2 Å². The van der Waals surface area contributed by atoms with Crippen molar-refractivity contribution >= 4 is 45.4 Å². The number of hydrogen-bond acceptors (Lipinski definition) is 7. The number of nitrogens with zero attached hydrogens (tertiary/aromatic N) is 3. The third-order valence-electron chi connectivity index (χ3n) is 12.3. The molecule has 13 nitrogen and oxygen atoms in total. The first-order valence-electron chi connectivity index (χ1n) is 20.6. The van der Waals surface area contributed by atoms with Crippen molar-refractivity contribution in [3.8, 4) is 11.4 Å². The molecule has 6 N–H and O–H groups in total. The van der Waals surface area contributed by atoms with E-state index >= 15 is 4.39 Å². The highest BCUT2D eigenvalue weighted by Gasteiger charge is 2.41. The molecular formula is C43H57F3N8O5. The highest BCUT2D eigenvalue weighted by atomic mass is 19.1. The molecule has 4 heterocycles. The van der Waals surface area contributed by atoms with Crippen LogP contribution in [0.15, 0.2) is 36.4 Å². The third-order valence-corrected chi connectivity index (χ3v) is 12.3. The maximum Gasteiger partial charge on any atom is 0.245 e. The summed E-state index contributed by atoms with van der Waals surface area (Å²) < 4.78 is 47.1. The average molecular weight is 823 g/mol. The van der Waals surface area contributed by atoms with Gasteiger partial charge in [0.1, 0.15) is 29.9 Å². The molecule has 0 spiro atoms. The van der Waals surface area contributed by atoms with Crippen LogP contribution in [0.3, 0.4) is 0 Å². The van der Waals surface area contributed by atoms with E-state index in [4.69, 9.17) is 0 Å². The number of hydrogen-bond donors (Lipinski definition) is 6. The lowest BCUT2D eigenvalue weighted by Gasteiger charge is -2.30. The lowest BCUT2D eigenvalue weighted by Crippen LogP contribution is -2.53.